The Hall–Kier alpha value is -2.18. The SMILES string of the molecule is O=C(O)CC1(SCCCNCc2ccccc2)Nc2ccccc2N1. The molecule has 3 rings (SSSR count). The lowest BCUT2D eigenvalue weighted by Gasteiger charge is -2.28. The molecule has 0 spiro atoms. The Morgan fingerprint density at radius 2 is 1.68 bits per heavy atom. The minimum absolute atomic E-state index is 0.0176. The smallest absolute Gasteiger partial charge is 0.308 e. The fraction of sp³-hybridized carbons (Fsp3) is 0.316. The Labute approximate surface area is 152 Å². The molecule has 2 aromatic rings. The molecule has 1 aliphatic rings. The third kappa shape index (κ3) is 4.90. The number of rotatable bonds is 9. The minimum atomic E-state index is -0.817. The van der Waals surface area contributed by atoms with Crippen LogP contribution >= 0.6 is 11.8 Å². The molecular formula is C19H23N3O2S. The summed E-state index contributed by atoms with van der Waals surface area (Å²) >= 11 is 1.62. The molecule has 1 aliphatic heterocycles. The number of para-hydroxylation sites is 2. The van der Waals surface area contributed by atoms with Crippen molar-refractivity contribution in [2.75, 3.05) is 22.9 Å². The van der Waals surface area contributed by atoms with E-state index in [0.717, 1.165) is 36.6 Å². The average Bonchev–Trinajstić information content (AvgIpc) is 2.96. The van der Waals surface area contributed by atoms with Crippen molar-refractivity contribution in [3.05, 3.63) is 60.2 Å². The lowest BCUT2D eigenvalue weighted by molar-refractivity contribution is -0.137. The number of carbonyl (C=O) groups is 1. The maximum Gasteiger partial charge on any atom is 0.308 e. The van der Waals surface area contributed by atoms with E-state index in [1.807, 2.05) is 42.5 Å². The molecule has 0 fully saturated rings. The Balaban J connectivity index is 1.45. The third-order valence-electron chi connectivity index (χ3n) is 4.02. The van der Waals surface area contributed by atoms with Crippen LogP contribution in [0.4, 0.5) is 11.4 Å². The predicted molar refractivity (Wildman–Crippen MR) is 104 cm³/mol. The zero-order chi connectivity index (χ0) is 17.5. The summed E-state index contributed by atoms with van der Waals surface area (Å²) in [5, 5.41) is 19.4. The highest BCUT2D eigenvalue weighted by molar-refractivity contribution is 8.00. The number of nitrogens with one attached hydrogen (secondary N) is 3. The second-order valence-corrected chi connectivity index (χ2v) is 7.45. The molecule has 0 radical (unpaired) electrons. The van der Waals surface area contributed by atoms with Crippen molar-refractivity contribution >= 4 is 29.1 Å². The second-order valence-electron chi connectivity index (χ2n) is 6.06. The van der Waals surface area contributed by atoms with Crippen LogP contribution in [0.3, 0.4) is 0 Å². The van der Waals surface area contributed by atoms with E-state index >= 15 is 0 Å². The molecule has 5 nitrogen and oxygen atoms in total. The van der Waals surface area contributed by atoms with Gasteiger partial charge >= 0.3 is 5.97 Å². The van der Waals surface area contributed by atoms with Crippen LogP contribution in [0.5, 0.6) is 0 Å². The first kappa shape index (κ1) is 17.6. The summed E-state index contributed by atoms with van der Waals surface area (Å²) in [4.78, 5) is 10.6. The van der Waals surface area contributed by atoms with E-state index in [1.54, 1.807) is 11.8 Å². The predicted octanol–water partition coefficient (Wildman–Crippen LogP) is 3.57. The molecule has 0 saturated heterocycles. The number of fused-ring (bicyclic) bond motifs is 1. The Bertz CT molecular complexity index is 684. The van der Waals surface area contributed by atoms with Crippen LogP contribution < -0.4 is 16.0 Å². The van der Waals surface area contributed by atoms with Crippen molar-refractivity contribution in [1.82, 2.24) is 5.32 Å². The van der Waals surface area contributed by atoms with Gasteiger partial charge in [0, 0.05) is 6.54 Å². The summed E-state index contributed by atoms with van der Waals surface area (Å²) in [6.07, 6.45) is 0.988. The standard InChI is InChI=1S/C19H23N3O2S/c23-18(24)13-19(21-16-9-4-5-10-17(16)22-19)25-12-6-11-20-14-15-7-2-1-3-8-15/h1-5,7-10,20-22H,6,11-14H2,(H,23,24). The van der Waals surface area contributed by atoms with Gasteiger partial charge in [-0.05, 0) is 36.4 Å². The van der Waals surface area contributed by atoms with Crippen LogP contribution in [0.15, 0.2) is 54.6 Å². The number of benzene rings is 2. The number of hydrogen-bond acceptors (Lipinski definition) is 5. The summed E-state index contributed by atoms with van der Waals surface area (Å²) in [5.74, 6) is 0.0470. The molecular weight excluding hydrogens is 334 g/mol. The first-order chi connectivity index (χ1) is 12.2. The number of carboxylic acid groups (broad SMARTS) is 1. The van der Waals surface area contributed by atoms with Crippen molar-refractivity contribution < 1.29 is 9.90 Å². The first-order valence-electron chi connectivity index (χ1n) is 8.43. The number of carboxylic acids is 1. The molecule has 0 atom stereocenters. The van der Waals surface area contributed by atoms with Gasteiger partial charge in [-0.25, -0.2) is 0 Å². The van der Waals surface area contributed by atoms with Crippen LogP contribution in [-0.4, -0.2) is 28.4 Å². The molecule has 0 amide bonds. The normalized spacial score (nSPS) is 14.4. The molecule has 0 aliphatic carbocycles. The highest BCUT2D eigenvalue weighted by atomic mass is 32.2. The fourth-order valence-electron chi connectivity index (χ4n) is 2.86. The molecule has 0 saturated carbocycles. The second kappa shape index (κ2) is 8.27. The zero-order valence-corrected chi connectivity index (χ0v) is 14.8. The average molecular weight is 357 g/mol. The Kier molecular flexibility index (Phi) is 5.83. The van der Waals surface area contributed by atoms with Gasteiger partial charge in [-0.3, -0.25) is 4.79 Å². The van der Waals surface area contributed by atoms with Gasteiger partial charge in [0.25, 0.3) is 0 Å². The van der Waals surface area contributed by atoms with Gasteiger partial charge in [0.2, 0.25) is 0 Å². The van der Waals surface area contributed by atoms with Crippen LogP contribution in [0, 0.1) is 0 Å². The number of thioether (sulfide) groups is 1. The van der Waals surface area contributed by atoms with Gasteiger partial charge in [0.05, 0.1) is 17.8 Å². The van der Waals surface area contributed by atoms with Gasteiger partial charge in [-0.2, -0.15) is 0 Å². The largest absolute Gasteiger partial charge is 0.481 e. The van der Waals surface area contributed by atoms with E-state index in [4.69, 9.17) is 0 Å². The molecule has 0 aromatic heterocycles. The number of anilines is 2. The molecule has 1 heterocycles. The van der Waals surface area contributed by atoms with E-state index in [0.29, 0.717) is 0 Å². The molecule has 25 heavy (non-hydrogen) atoms. The summed E-state index contributed by atoms with van der Waals surface area (Å²) in [6.45, 7) is 1.76. The van der Waals surface area contributed by atoms with E-state index < -0.39 is 11.0 Å². The van der Waals surface area contributed by atoms with E-state index in [2.05, 4.69) is 28.1 Å². The third-order valence-corrected chi connectivity index (χ3v) is 5.35. The highest BCUT2D eigenvalue weighted by Gasteiger charge is 2.38. The number of hydrogen-bond donors (Lipinski definition) is 4. The van der Waals surface area contributed by atoms with Crippen molar-refractivity contribution in [1.29, 1.82) is 0 Å². The highest BCUT2D eigenvalue weighted by Crippen LogP contribution is 2.41. The molecule has 6 heteroatoms. The maximum atomic E-state index is 11.3. The first-order valence-corrected chi connectivity index (χ1v) is 9.41. The number of aliphatic carboxylic acids is 1. The van der Waals surface area contributed by atoms with Gasteiger partial charge in [0.15, 0.2) is 4.99 Å². The summed E-state index contributed by atoms with van der Waals surface area (Å²) in [6, 6.07) is 18.1. The van der Waals surface area contributed by atoms with Crippen LogP contribution in [0.1, 0.15) is 18.4 Å². The van der Waals surface area contributed by atoms with E-state index in [1.165, 1.54) is 5.56 Å². The molecule has 0 unspecified atom stereocenters. The van der Waals surface area contributed by atoms with Gasteiger partial charge in [0.1, 0.15) is 0 Å². The molecule has 0 bridgehead atoms. The molecule has 2 aromatic carbocycles. The van der Waals surface area contributed by atoms with Gasteiger partial charge in [-0.15, -0.1) is 11.8 Å². The minimum Gasteiger partial charge on any atom is -0.481 e. The summed E-state index contributed by atoms with van der Waals surface area (Å²) in [7, 11) is 0. The lowest BCUT2D eigenvalue weighted by atomic mass is 10.2. The Morgan fingerprint density at radius 3 is 2.32 bits per heavy atom. The molecule has 132 valence electrons. The monoisotopic (exact) mass is 357 g/mol. The topological polar surface area (TPSA) is 73.4 Å². The summed E-state index contributed by atoms with van der Waals surface area (Å²) in [5.41, 5.74) is 3.18. The van der Waals surface area contributed by atoms with E-state index in [9.17, 15) is 9.90 Å². The Morgan fingerprint density at radius 1 is 1.04 bits per heavy atom. The fourth-order valence-corrected chi connectivity index (χ4v) is 4.09. The zero-order valence-electron chi connectivity index (χ0n) is 14.0. The van der Waals surface area contributed by atoms with Crippen molar-refractivity contribution in [3.63, 3.8) is 0 Å². The van der Waals surface area contributed by atoms with Crippen LogP contribution in [-0.2, 0) is 11.3 Å². The quantitative estimate of drug-likeness (QED) is 0.514. The van der Waals surface area contributed by atoms with Gasteiger partial charge < -0.3 is 21.1 Å². The van der Waals surface area contributed by atoms with Crippen molar-refractivity contribution in [2.45, 2.75) is 24.4 Å². The van der Waals surface area contributed by atoms with Crippen molar-refractivity contribution in [3.8, 4) is 0 Å². The lowest BCUT2D eigenvalue weighted by Crippen LogP contribution is -2.41. The molecule has 4 N–H and O–H groups in total. The van der Waals surface area contributed by atoms with Crippen LogP contribution in [0.2, 0.25) is 0 Å². The van der Waals surface area contributed by atoms with Crippen LogP contribution in [0.25, 0.3) is 0 Å². The van der Waals surface area contributed by atoms with Gasteiger partial charge in [-0.1, -0.05) is 42.5 Å². The van der Waals surface area contributed by atoms with Crippen molar-refractivity contribution in [2.24, 2.45) is 0 Å². The summed E-state index contributed by atoms with van der Waals surface area (Å²) < 4.78 is 0. The maximum absolute atomic E-state index is 11.3. The van der Waals surface area contributed by atoms with E-state index in [-0.39, 0.29) is 6.42 Å².